The molecule has 1 unspecified atom stereocenters. The lowest BCUT2D eigenvalue weighted by Crippen LogP contribution is -2.42. The maximum absolute atomic E-state index is 13.0. The average Bonchev–Trinajstić information content (AvgIpc) is 3.53. The second kappa shape index (κ2) is 9.26. The van der Waals surface area contributed by atoms with Crippen LogP contribution in [-0.4, -0.2) is 52.4 Å². The van der Waals surface area contributed by atoms with Crippen LogP contribution in [0.1, 0.15) is 48.7 Å². The number of carbonyl (C=O) groups is 1. The van der Waals surface area contributed by atoms with Crippen LogP contribution < -0.4 is 10.1 Å². The number of nitrogens with one attached hydrogen (secondary N) is 1. The van der Waals surface area contributed by atoms with Gasteiger partial charge >= 0.3 is 6.18 Å². The maximum atomic E-state index is 13.0. The van der Waals surface area contributed by atoms with Crippen molar-refractivity contribution in [3.8, 4) is 17.1 Å². The number of ether oxygens (including phenoxy) is 2. The number of alkyl halides is 3. The number of amides is 1. The third-order valence-electron chi connectivity index (χ3n) is 5.95. The van der Waals surface area contributed by atoms with Crippen LogP contribution in [-0.2, 0) is 10.9 Å². The molecule has 1 aromatic carbocycles. The van der Waals surface area contributed by atoms with Gasteiger partial charge < -0.3 is 19.9 Å². The number of carbonyl (C=O) groups excluding carboxylic acids is 1. The summed E-state index contributed by atoms with van der Waals surface area (Å²) in [4.78, 5) is 21.2. The molecule has 4 rings (SSSR count). The van der Waals surface area contributed by atoms with Crippen molar-refractivity contribution >= 4 is 5.91 Å². The minimum Gasteiger partial charge on any atom is -0.473 e. The normalized spacial score (nSPS) is 20.3. The first-order valence-electron chi connectivity index (χ1n) is 10.9. The van der Waals surface area contributed by atoms with Crippen molar-refractivity contribution in [2.24, 2.45) is 5.92 Å². The zero-order valence-corrected chi connectivity index (χ0v) is 18.2. The van der Waals surface area contributed by atoms with Crippen LogP contribution in [0.4, 0.5) is 13.2 Å². The molecule has 0 spiro atoms. The minimum absolute atomic E-state index is 0.0269. The number of aromatic nitrogens is 2. The van der Waals surface area contributed by atoms with Crippen molar-refractivity contribution < 1.29 is 32.5 Å². The predicted octanol–water partition coefficient (Wildman–Crippen LogP) is 3.61. The molecule has 2 fully saturated rings. The molecule has 1 saturated carbocycles. The van der Waals surface area contributed by atoms with Gasteiger partial charge in [-0.05, 0) is 50.7 Å². The van der Waals surface area contributed by atoms with Gasteiger partial charge in [-0.3, -0.25) is 4.79 Å². The highest BCUT2D eigenvalue weighted by Gasteiger charge is 2.40. The first-order valence-corrected chi connectivity index (χ1v) is 10.9. The molecule has 10 heteroatoms. The molecule has 178 valence electrons. The molecule has 0 bridgehead atoms. The Hall–Kier alpha value is -2.72. The standard InChI is InChI=1S/C23H26F3N3O4/c1-22(31,15-8-9-15)13-28-20(30)18-11-27-21(33-12-17-3-2-10-32-17)19(29-18)14-4-6-16(7-5-14)23(24,25)26/h4-7,11,15,17,31H,2-3,8-10,12-13H2,1H3,(H,28,30)/t17-,22?/m1/s1. The lowest BCUT2D eigenvalue weighted by atomic mass is 10.0. The molecule has 1 aliphatic carbocycles. The molecule has 1 saturated heterocycles. The van der Waals surface area contributed by atoms with Crippen molar-refractivity contribution in [3.05, 3.63) is 41.7 Å². The van der Waals surface area contributed by atoms with Crippen LogP contribution in [0.5, 0.6) is 5.88 Å². The molecule has 1 amide bonds. The van der Waals surface area contributed by atoms with Crippen LogP contribution in [0.2, 0.25) is 0 Å². The number of halogens is 3. The highest BCUT2D eigenvalue weighted by Crippen LogP contribution is 2.39. The number of benzene rings is 1. The van der Waals surface area contributed by atoms with Gasteiger partial charge in [-0.15, -0.1) is 0 Å². The van der Waals surface area contributed by atoms with E-state index in [9.17, 15) is 23.1 Å². The van der Waals surface area contributed by atoms with Gasteiger partial charge in [0.05, 0.1) is 23.5 Å². The van der Waals surface area contributed by atoms with Gasteiger partial charge in [-0.25, -0.2) is 9.97 Å². The summed E-state index contributed by atoms with van der Waals surface area (Å²) in [7, 11) is 0. The Kier molecular flexibility index (Phi) is 6.58. The van der Waals surface area contributed by atoms with Gasteiger partial charge in [-0.1, -0.05) is 12.1 Å². The third-order valence-corrected chi connectivity index (χ3v) is 5.95. The van der Waals surface area contributed by atoms with Crippen molar-refractivity contribution in [2.75, 3.05) is 19.8 Å². The van der Waals surface area contributed by atoms with Crippen molar-refractivity contribution in [1.29, 1.82) is 0 Å². The van der Waals surface area contributed by atoms with E-state index in [0.29, 0.717) is 12.2 Å². The number of rotatable bonds is 8. The molecular formula is C23H26F3N3O4. The Morgan fingerprint density at radius 1 is 1.24 bits per heavy atom. The van der Waals surface area contributed by atoms with Gasteiger partial charge in [0, 0.05) is 18.7 Å². The van der Waals surface area contributed by atoms with Gasteiger partial charge in [0.15, 0.2) is 0 Å². The topological polar surface area (TPSA) is 93.6 Å². The van der Waals surface area contributed by atoms with Crippen LogP contribution >= 0.6 is 0 Å². The van der Waals surface area contributed by atoms with Crippen LogP contribution in [0.15, 0.2) is 30.5 Å². The molecule has 0 radical (unpaired) electrons. The first-order chi connectivity index (χ1) is 15.6. The monoisotopic (exact) mass is 465 g/mol. The Balaban J connectivity index is 1.56. The molecule has 33 heavy (non-hydrogen) atoms. The van der Waals surface area contributed by atoms with E-state index >= 15 is 0 Å². The van der Waals surface area contributed by atoms with Crippen molar-refractivity contribution in [3.63, 3.8) is 0 Å². The maximum Gasteiger partial charge on any atom is 0.416 e. The highest BCUT2D eigenvalue weighted by molar-refractivity contribution is 5.92. The van der Waals surface area contributed by atoms with Crippen LogP contribution in [0.3, 0.4) is 0 Å². The Labute approximate surface area is 189 Å². The summed E-state index contributed by atoms with van der Waals surface area (Å²) in [6, 6.07) is 4.43. The summed E-state index contributed by atoms with van der Waals surface area (Å²) in [6.45, 7) is 2.60. The van der Waals surface area contributed by atoms with Crippen LogP contribution in [0, 0.1) is 5.92 Å². The summed E-state index contributed by atoms with van der Waals surface area (Å²) in [5.41, 5.74) is -1.34. The molecular weight excluding hydrogens is 439 g/mol. The fourth-order valence-electron chi connectivity index (χ4n) is 3.75. The van der Waals surface area contributed by atoms with E-state index in [1.54, 1.807) is 6.92 Å². The van der Waals surface area contributed by atoms with Crippen LogP contribution in [0.25, 0.3) is 11.3 Å². The Morgan fingerprint density at radius 3 is 2.58 bits per heavy atom. The number of nitrogens with zero attached hydrogens (tertiary/aromatic N) is 2. The number of hydrogen-bond acceptors (Lipinski definition) is 6. The van der Waals surface area contributed by atoms with Gasteiger partial charge in [0.25, 0.3) is 5.91 Å². The molecule has 1 aliphatic heterocycles. The van der Waals surface area contributed by atoms with E-state index in [0.717, 1.165) is 37.8 Å². The van der Waals surface area contributed by atoms with E-state index in [2.05, 4.69) is 15.3 Å². The molecule has 2 heterocycles. The molecule has 2 atom stereocenters. The zero-order valence-electron chi connectivity index (χ0n) is 18.2. The first kappa shape index (κ1) is 23.4. The molecule has 7 nitrogen and oxygen atoms in total. The quantitative estimate of drug-likeness (QED) is 0.619. The molecule has 2 aliphatic rings. The minimum atomic E-state index is -4.47. The second-order valence-electron chi connectivity index (χ2n) is 8.74. The summed E-state index contributed by atoms with van der Waals surface area (Å²) < 4.78 is 50.2. The SMILES string of the molecule is CC(O)(CNC(=O)c1cnc(OC[C@H]2CCCO2)c(-c2ccc(C(F)(F)F)cc2)n1)C1CC1. The highest BCUT2D eigenvalue weighted by atomic mass is 19.4. The Bertz CT molecular complexity index is 985. The molecule has 1 aromatic heterocycles. The van der Waals surface area contributed by atoms with E-state index < -0.39 is 23.2 Å². The fraction of sp³-hybridized carbons (Fsp3) is 0.522. The van der Waals surface area contributed by atoms with E-state index in [1.165, 1.54) is 18.3 Å². The van der Waals surface area contributed by atoms with Crippen molar-refractivity contribution in [1.82, 2.24) is 15.3 Å². The zero-order chi connectivity index (χ0) is 23.6. The number of hydrogen-bond donors (Lipinski definition) is 2. The van der Waals surface area contributed by atoms with E-state index in [4.69, 9.17) is 9.47 Å². The molecule has 2 N–H and O–H groups in total. The Morgan fingerprint density at radius 2 is 1.97 bits per heavy atom. The van der Waals surface area contributed by atoms with Gasteiger partial charge in [0.1, 0.15) is 18.0 Å². The van der Waals surface area contributed by atoms with Crippen molar-refractivity contribution in [2.45, 2.75) is 50.5 Å². The summed E-state index contributed by atoms with van der Waals surface area (Å²) in [5, 5.41) is 13.1. The van der Waals surface area contributed by atoms with E-state index in [1.807, 2.05) is 0 Å². The second-order valence-corrected chi connectivity index (χ2v) is 8.74. The predicted molar refractivity (Wildman–Crippen MR) is 113 cm³/mol. The van der Waals surface area contributed by atoms with Gasteiger partial charge in [0.2, 0.25) is 5.88 Å². The smallest absolute Gasteiger partial charge is 0.416 e. The van der Waals surface area contributed by atoms with Gasteiger partial charge in [-0.2, -0.15) is 13.2 Å². The average molecular weight is 465 g/mol. The fourth-order valence-corrected chi connectivity index (χ4v) is 3.75. The summed E-state index contributed by atoms with van der Waals surface area (Å²) >= 11 is 0. The third kappa shape index (κ3) is 5.80. The molecule has 2 aromatic rings. The number of aliphatic hydroxyl groups is 1. The largest absolute Gasteiger partial charge is 0.473 e. The lowest BCUT2D eigenvalue weighted by molar-refractivity contribution is -0.137. The summed E-state index contributed by atoms with van der Waals surface area (Å²) in [5.74, 6) is -0.283. The lowest BCUT2D eigenvalue weighted by Gasteiger charge is -2.23. The summed E-state index contributed by atoms with van der Waals surface area (Å²) in [6.07, 6.45) is 0.276. The van der Waals surface area contributed by atoms with E-state index in [-0.39, 0.29) is 42.4 Å².